The van der Waals surface area contributed by atoms with E-state index in [1.807, 2.05) is 25.1 Å². The molecule has 2 aliphatic heterocycles. The van der Waals surface area contributed by atoms with Crippen LogP contribution in [0, 0.1) is 18.8 Å². The molecule has 2 fully saturated rings. The Balaban J connectivity index is 1.42. The first-order chi connectivity index (χ1) is 18.7. The standard InChI is InChI=1S/C29H32F3N5O2/c1-18-5-4-8-35(12-18)13-20-9-24(29(30,31)32)25-15-36(28(38)37(25)14-20)23-7-3-6-21(10-23)26(22-16-39-17-22)27-19(2)11-33-34-27/h3,6-7,9-11,14-15,18,22,26H,4-5,8,12-13,16-17H2,1-2H3,(H,33,34)/t18-,26-/m0/s1. The third kappa shape index (κ3) is 4.91. The van der Waals surface area contributed by atoms with Crippen LogP contribution >= 0.6 is 0 Å². The van der Waals surface area contributed by atoms with Crippen LogP contribution < -0.4 is 5.69 Å². The van der Waals surface area contributed by atoms with Gasteiger partial charge in [-0.15, -0.1) is 0 Å². The molecule has 2 saturated heterocycles. The normalized spacial score (nSPS) is 19.9. The van der Waals surface area contributed by atoms with Crippen molar-refractivity contribution in [2.45, 2.75) is 45.3 Å². The molecule has 2 aliphatic rings. The molecule has 0 aliphatic carbocycles. The lowest BCUT2D eigenvalue weighted by Crippen LogP contribution is -2.34. The number of rotatable bonds is 6. The van der Waals surface area contributed by atoms with Gasteiger partial charge in [-0.1, -0.05) is 19.1 Å². The van der Waals surface area contributed by atoms with Gasteiger partial charge < -0.3 is 4.74 Å². The van der Waals surface area contributed by atoms with Crippen LogP contribution in [-0.4, -0.2) is 50.4 Å². The van der Waals surface area contributed by atoms with Crippen LogP contribution in [0.5, 0.6) is 0 Å². The minimum absolute atomic E-state index is 0.0294. The molecule has 39 heavy (non-hydrogen) atoms. The second-order valence-corrected chi connectivity index (χ2v) is 11.1. The monoisotopic (exact) mass is 539 g/mol. The molecule has 0 unspecified atom stereocenters. The fourth-order valence-corrected chi connectivity index (χ4v) is 6.09. The van der Waals surface area contributed by atoms with Gasteiger partial charge in [0.25, 0.3) is 0 Å². The zero-order valence-electron chi connectivity index (χ0n) is 22.0. The van der Waals surface area contributed by atoms with E-state index in [1.54, 1.807) is 18.5 Å². The molecule has 0 radical (unpaired) electrons. The molecule has 4 aromatic rings. The van der Waals surface area contributed by atoms with Gasteiger partial charge in [0, 0.05) is 43.0 Å². The van der Waals surface area contributed by atoms with Crippen LogP contribution in [0.2, 0.25) is 0 Å². The zero-order chi connectivity index (χ0) is 27.3. The summed E-state index contributed by atoms with van der Waals surface area (Å²) in [5.74, 6) is 0.709. The van der Waals surface area contributed by atoms with Gasteiger partial charge in [-0.05, 0) is 67.1 Å². The fourth-order valence-electron chi connectivity index (χ4n) is 6.09. The highest BCUT2D eigenvalue weighted by Crippen LogP contribution is 2.38. The molecule has 3 aromatic heterocycles. The summed E-state index contributed by atoms with van der Waals surface area (Å²) in [5, 5.41) is 7.29. The van der Waals surface area contributed by atoms with Gasteiger partial charge in [-0.3, -0.25) is 19.0 Å². The van der Waals surface area contributed by atoms with Crippen LogP contribution in [0.4, 0.5) is 13.2 Å². The SMILES string of the molecule is Cc1cn[nH]c1[C@@H](c1cccc(-n2cc3c(C(F)(F)F)cc(CN4CCC[C@H](C)C4)cn3c2=O)c1)C1COC1. The quantitative estimate of drug-likeness (QED) is 0.368. The van der Waals surface area contributed by atoms with Crippen molar-refractivity contribution in [3.8, 4) is 5.69 Å². The molecule has 206 valence electrons. The predicted octanol–water partition coefficient (Wildman–Crippen LogP) is 5.15. The Kier molecular flexibility index (Phi) is 6.63. The van der Waals surface area contributed by atoms with E-state index in [0.29, 0.717) is 36.9 Å². The Bertz CT molecular complexity index is 1550. The fraction of sp³-hybridized carbons (Fsp3) is 0.448. The summed E-state index contributed by atoms with van der Waals surface area (Å²) < 4.78 is 50.6. The third-order valence-corrected chi connectivity index (χ3v) is 8.10. The van der Waals surface area contributed by atoms with E-state index < -0.39 is 17.4 Å². The molecule has 5 heterocycles. The molecular formula is C29H32F3N5O2. The average Bonchev–Trinajstić information content (AvgIpc) is 3.43. The summed E-state index contributed by atoms with van der Waals surface area (Å²) in [6.45, 7) is 7.42. The van der Waals surface area contributed by atoms with E-state index in [0.717, 1.165) is 47.2 Å². The number of nitrogens with zero attached hydrogens (tertiary/aromatic N) is 4. The first kappa shape index (κ1) is 25.9. The third-order valence-electron chi connectivity index (χ3n) is 8.10. The Labute approximate surface area is 224 Å². The number of benzene rings is 1. The van der Waals surface area contributed by atoms with Gasteiger partial charge >= 0.3 is 11.9 Å². The van der Waals surface area contributed by atoms with Crippen molar-refractivity contribution in [3.05, 3.63) is 87.4 Å². The van der Waals surface area contributed by atoms with Crippen LogP contribution in [-0.2, 0) is 17.5 Å². The first-order valence-electron chi connectivity index (χ1n) is 13.4. The Morgan fingerprint density at radius 1 is 1.21 bits per heavy atom. The molecule has 0 spiro atoms. The molecule has 0 bridgehead atoms. The van der Waals surface area contributed by atoms with Gasteiger partial charge in [-0.2, -0.15) is 18.3 Å². The molecule has 7 nitrogen and oxygen atoms in total. The number of likely N-dealkylation sites (tertiary alicyclic amines) is 1. The number of alkyl halides is 3. The Morgan fingerprint density at radius 2 is 2.03 bits per heavy atom. The molecule has 1 N–H and O–H groups in total. The second-order valence-electron chi connectivity index (χ2n) is 11.1. The molecule has 2 atom stereocenters. The number of imidazole rings is 1. The van der Waals surface area contributed by atoms with Crippen LogP contribution in [0.1, 0.15) is 53.6 Å². The summed E-state index contributed by atoms with van der Waals surface area (Å²) in [6.07, 6.45) is 2.20. The van der Waals surface area contributed by atoms with Crippen molar-refractivity contribution in [2.75, 3.05) is 26.3 Å². The second kappa shape index (κ2) is 9.98. The number of aryl methyl sites for hydroxylation is 1. The van der Waals surface area contributed by atoms with Crippen molar-refractivity contribution >= 4 is 5.52 Å². The van der Waals surface area contributed by atoms with Gasteiger partial charge in [0.2, 0.25) is 0 Å². The number of nitrogens with one attached hydrogen (secondary N) is 1. The predicted molar refractivity (Wildman–Crippen MR) is 141 cm³/mol. The highest BCUT2D eigenvalue weighted by atomic mass is 19.4. The number of halogens is 3. The average molecular weight is 540 g/mol. The topological polar surface area (TPSA) is 67.6 Å². The van der Waals surface area contributed by atoms with E-state index >= 15 is 0 Å². The van der Waals surface area contributed by atoms with E-state index in [1.165, 1.54) is 16.8 Å². The van der Waals surface area contributed by atoms with Gasteiger partial charge in [0.1, 0.15) is 0 Å². The molecule has 1 aromatic carbocycles. The first-order valence-corrected chi connectivity index (χ1v) is 13.4. The van der Waals surface area contributed by atoms with Crippen LogP contribution in [0.3, 0.4) is 0 Å². The van der Waals surface area contributed by atoms with E-state index in [2.05, 4.69) is 22.0 Å². The largest absolute Gasteiger partial charge is 0.418 e. The number of fused-ring (bicyclic) bond motifs is 1. The number of aromatic nitrogens is 4. The van der Waals surface area contributed by atoms with Crippen molar-refractivity contribution in [1.82, 2.24) is 24.1 Å². The number of hydrogen-bond donors (Lipinski definition) is 1. The smallest absolute Gasteiger partial charge is 0.381 e. The molecular weight excluding hydrogens is 507 g/mol. The lowest BCUT2D eigenvalue weighted by atomic mass is 9.81. The minimum Gasteiger partial charge on any atom is -0.381 e. The van der Waals surface area contributed by atoms with Crippen LogP contribution in [0.15, 0.2) is 53.7 Å². The number of hydrogen-bond acceptors (Lipinski definition) is 4. The number of pyridine rings is 1. The summed E-state index contributed by atoms with van der Waals surface area (Å²) in [7, 11) is 0. The summed E-state index contributed by atoms with van der Waals surface area (Å²) >= 11 is 0. The summed E-state index contributed by atoms with van der Waals surface area (Å²) in [5.41, 5.74) is 2.48. The van der Waals surface area contributed by atoms with E-state index in [4.69, 9.17) is 4.74 Å². The molecule has 0 saturated carbocycles. The number of piperidine rings is 1. The highest BCUT2D eigenvalue weighted by Gasteiger charge is 2.35. The van der Waals surface area contributed by atoms with Crippen molar-refractivity contribution < 1.29 is 17.9 Å². The summed E-state index contributed by atoms with van der Waals surface area (Å²) in [6, 6.07) is 8.65. The number of ether oxygens (including phenoxy) is 1. The van der Waals surface area contributed by atoms with Gasteiger partial charge in [-0.25, -0.2) is 4.79 Å². The number of aromatic amines is 1. The Hall–Kier alpha value is -3.37. The molecule has 0 amide bonds. The van der Waals surface area contributed by atoms with Crippen molar-refractivity contribution in [3.63, 3.8) is 0 Å². The molecule has 10 heteroatoms. The highest BCUT2D eigenvalue weighted by molar-refractivity contribution is 5.58. The van der Waals surface area contributed by atoms with Crippen molar-refractivity contribution in [1.29, 1.82) is 0 Å². The maximum absolute atomic E-state index is 14.2. The van der Waals surface area contributed by atoms with E-state index in [-0.39, 0.29) is 17.4 Å². The van der Waals surface area contributed by atoms with Gasteiger partial charge in [0.05, 0.1) is 36.2 Å². The van der Waals surface area contributed by atoms with E-state index in [9.17, 15) is 18.0 Å². The van der Waals surface area contributed by atoms with Crippen LogP contribution in [0.25, 0.3) is 11.2 Å². The van der Waals surface area contributed by atoms with Gasteiger partial charge in [0.15, 0.2) is 0 Å². The zero-order valence-corrected chi connectivity index (χ0v) is 22.0. The Morgan fingerprint density at radius 3 is 2.69 bits per heavy atom. The summed E-state index contributed by atoms with van der Waals surface area (Å²) in [4.78, 5) is 15.7. The minimum atomic E-state index is -4.59. The van der Waals surface area contributed by atoms with Crippen molar-refractivity contribution in [2.24, 2.45) is 11.8 Å². The maximum Gasteiger partial charge on any atom is 0.418 e. The lowest BCUT2D eigenvalue weighted by molar-refractivity contribution is -0.136. The maximum atomic E-state index is 14.2. The molecule has 6 rings (SSSR count). The number of H-pyrrole nitrogens is 1. The lowest BCUT2D eigenvalue weighted by Gasteiger charge is -2.34.